The largest absolute Gasteiger partial charge is 0.277 e. The molecule has 3 aromatic heterocycles. The maximum atomic E-state index is 13.1. The number of hydrogen-bond acceptors (Lipinski definition) is 2. The molecule has 6 rings (SSSR count). The molecule has 0 N–H and O–H groups in total. The van der Waals surface area contributed by atoms with Crippen molar-refractivity contribution in [2.75, 3.05) is 0 Å². The van der Waals surface area contributed by atoms with Gasteiger partial charge in [0.1, 0.15) is 0 Å². The Hall–Kier alpha value is -3.40. The molecule has 0 aliphatic rings. The first-order valence-electron chi connectivity index (χ1n) is 7.89. The maximum absolute atomic E-state index is 13.1. The van der Waals surface area contributed by atoms with Crippen molar-refractivity contribution in [2.45, 2.75) is 0 Å². The minimum atomic E-state index is -0.0177. The average molecular weight is 309 g/mol. The Kier molecular flexibility index (Phi) is 1.97. The highest BCUT2D eigenvalue weighted by Gasteiger charge is 2.19. The highest BCUT2D eigenvalue weighted by atomic mass is 16.1. The van der Waals surface area contributed by atoms with Crippen LogP contribution >= 0.6 is 0 Å². The molecule has 0 unspecified atom stereocenters. The fraction of sp³-hybridized carbons (Fsp3) is 0. The van der Waals surface area contributed by atoms with E-state index in [9.17, 15) is 4.79 Å². The molecule has 0 amide bonds. The van der Waals surface area contributed by atoms with Crippen LogP contribution in [0.25, 0.3) is 44.0 Å². The molecule has 24 heavy (non-hydrogen) atoms. The van der Waals surface area contributed by atoms with Crippen LogP contribution in [0.1, 0.15) is 0 Å². The number of fused-ring (bicyclic) bond motifs is 7. The predicted octanol–water partition coefficient (Wildman–Crippen LogP) is 3.84. The molecule has 0 atom stereocenters. The summed E-state index contributed by atoms with van der Waals surface area (Å²) in [6.45, 7) is 0. The first kappa shape index (κ1) is 12.1. The minimum Gasteiger partial charge on any atom is -0.277 e. The molecule has 0 aliphatic carbocycles. The van der Waals surface area contributed by atoms with E-state index in [0.717, 1.165) is 27.5 Å². The highest BCUT2D eigenvalue weighted by Crippen LogP contribution is 2.33. The van der Waals surface area contributed by atoms with Crippen molar-refractivity contribution in [3.63, 3.8) is 0 Å². The van der Waals surface area contributed by atoms with Gasteiger partial charge >= 0.3 is 0 Å². The van der Waals surface area contributed by atoms with Gasteiger partial charge in [0.25, 0.3) is 5.56 Å². The van der Waals surface area contributed by atoms with Crippen LogP contribution in [0, 0.1) is 0 Å². The Balaban J connectivity index is 2.09. The molecule has 0 bridgehead atoms. The molecule has 0 spiro atoms. The Labute approximate surface area is 135 Å². The summed E-state index contributed by atoms with van der Waals surface area (Å²) in [5.41, 5.74) is 3.75. The van der Waals surface area contributed by atoms with Crippen molar-refractivity contribution < 1.29 is 0 Å². The summed E-state index contributed by atoms with van der Waals surface area (Å²) >= 11 is 0. The zero-order valence-corrected chi connectivity index (χ0v) is 12.6. The molecule has 3 aromatic carbocycles. The second-order valence-electron chi connectivity index (χ2n) is 6.10. The van der Waals surface area contributed by atoms with Crippen LogP contribution < -0.4 is 5.56 Å². The van der Waals surface area contributed by atoms with Gasteiger partial charge in [-0.05, 0) is 24.3 Å². The van der Waals surface area contributed by atoms with Gasteiger partial charge in [0.15, 0.2) is 0 Å². The SMILES string of the molecule is O=c1c2ccccc2nc2n1c1cccc3c4ccccc4n2c31. The molecular weight excluding hydrogens is 298 g/mol. The summed E-state index contributed by atoms with van der Waals surface area (Å²) in [6, 6.07) is 21.9. The first-order chi connectivity index (χ1) is 11.8. The summed E-state index contributed by atoms with van der Waals surface area (Å²) in [5.74, 6) is 0.672. The lowest BCUT2D eigenvalue weighted by Gasteiger charge is -2.01. The van der Waals surface area contributed by atoms with Gasteiger partial charge in [-0.3, -0.25) is 9.20 Å². The summed E-state index contributed by atoms with van der Waals surface area (Å²) in [7, 11) is 0. The van der Waals surface area contributed by atoms with Gasteiger partial charge in [-0.25, -0.2) is 9.38 Å². The first-order valence-corrected chi connectivity index (χ1v) is 7.89. The number of benzene rings is 3. The van der Waals surface area contributed by atoms with Crippen molar-refractivity contribution in [2.24, 2.45) is 0 Å². The molecule has 112 valence electrons. The van der Waals surface area contributed by atoms with E-state index in [1.54, 1.807) is 4.40 Å². The number of nitrogens with zero attached hydrogens (tertiary/aromatic N) is 3. The Bertz CT molecular complexity index is 1470. The molecule has 6 aromatic rings. The van der Waals surface area contributed by atoms with Crippen LogP contribution in [0.5, 0.6) is 0 Å². The highest BCUT2D eigenvalue weighted by molar-refractivity contribution is 6.15. The summed E-state index contributed by atoms with van der Waals surface area (Å²) in [4.78, 5) is 17.9. The number of rotatable bonds is 0. The number of hydrogen-bond donors (Lipinski definition) is 0. The molecule has 0 saturated carbocycles. The molecule has 0 fully saturated rings. The molecule has 4 heteroatoms. The van der Waals surface area contributed by atoms with E-state index in [1.807, 2.05) is 48.5 Å². The summed E-state index contributed by atoms with van der Waals surface area (Å²) in [5, 5.41) is 2.98. The van der Waals surface area contributed by atoms with Crippen molar-refractivity contribution in [1.82, 2.24) is 13.8 Å². The fourth-order valence-corrected chi connectivity index (χ4v) is 3.88. The van der Waals surface area contributed by atoms with Gasteiger partial charge < -0.3 is 0 Å². The lowest BCUT2D eigenvalue weighted by atomic mass is 10.1. The van der Waals surface area contributed by atoms with Gasteiger partial charge in [0.2, 0.25) is 5.78 Å². The van der Waals surface area contributed by atoms with Crippen molar-refractivity contribution in [1.29, 1.82) is 0 Å². The van der Waals surface area contributed by atoms with E-state index < -0.39 is 0 Å². The third-order valence-corrected chi connectivity index (χ3v) is 4.87. The van der Waals surface area contributed by atoms with Crippen LogP contribution in [-0.2, 0) is 0 Å². The van der Waals surface area contributed by atoms with E-state index >= 15 is 0 Å². The zero-order chi connectivity index (χ0) is 15.8. The number of para-hydroxylation sites is 3. The van der Waals surface area contributed by atoms with Crippen LogP contribution in [0.3, 0.4) is 0 Å². The van der Waals surface area contributed by atoms with E-state index in [2.05, 4.69) is 22.6 Å². The van der Waals surface area contributed by atoms with Gasteiger partial charge in [0.05, 0.1) is 27.5 Å². The Morgan fingerprint density at radius 1 is 0.667 bits per heavy atom. The molecule has 3 heterocycles. The Morgan fingerprint density at radius 2 is 1.38 bits per heavy atom. The number of aromatic nitrogens is 3. The molecule has 0 radical (unpaired) electrons. The van der Waals surface area contributed by atoms with Crippen LogP contribution in [0.4, 0.5) is 0 Å². The quantitative estimate of drug-likeness (QED) is 0.427. The van der Waals surface area contributed by atoms with Crippen LogP contribution in [-0.4, -0.2) is 13.8 Å². The monoisotopic (exact) mass is 309 g/mol. The second kappa shape index (κ2) is 3.92. The molecule has 0 saturated heterocycles. The maximum Gasteiger partial charge on any atom is 0.267 e. The van der Waals surface area contributed by atoms with Crippen LogP contribution in [0.15, 0.2) is 71.5 Å². The van der Waals surface area contributed by atoms with Gasteiger partial charge in [-0.15, -0.1) is 0 Å². The number of imidazole rings is 1. The normalized spacial score (nSPS) is 12.3. The van der Waals surface area contributed by atoms with E-state index in [0.29, 0.717) is 11.2 Å². The van der Waals surface area contributed by atoms with Gasteiger partial charge in [0, 0.05) is 10.8 Å². The predicted molar refractivity (Wildman–Crippen MR) is 96.1 cm³/mol. The minimum absolute atomic E-state index is 0.0177. The van der Waals surface area contributed by atoms with E-state index in [-0.39, 0.29) is 5.56 Å². The fourth-order valence-electron chi connectivity index (χ4n) is 3.88. The molecule has 4 nitrogen and oxygen atoms in total. The Morgan fingerprint density at radius 3 is 2.29 bits per heavy atom. The second-order valence-corrected chi connectivity index (χ2v) is 6.10. The van der Waals surface area contributed by atoms with Crippen molar-refractivity contribution >= 4 is 44.0 Å². The topological polar surface area (TPSA) is 38.8 Å². The third kappa shape index (κ3) is 1.22. The lowest BCUT2D eigenvalue weighted by Crippen LogP contribution is -2.14. The smallest absolute Gasteiger partial charge is 0.267 e. The third-order valence-electron chi connectivity index (χ3n) is 4.87. The average Bonchev–Trinajstić information content (AvgIpc) is 3.14. The van der Waals surface area contributed by atoms with E-state index in [4.69, 9.17) is 4.98 Å². The summed E-state index contributed by atoms with van der Waals surface area (Å²) < 4.78 is 3.84. The van der Waals surface area contributed by atoms with Crippen molar-refractivity contribution in [3.8, 4) is 0 Å². The van der Waals surface area contributed by atoms with Gasteiger partial charge in [-0.2, -0.15) is 0 Å². The molecule has 0 aliphatic heterocycles. The summed E-state index contributed by atoms with van der Waals surface area (Å²) in [6.07, 6.45) is 0. The molecular formula is C20H11N3O. The van der Waals surface area contributed by atoms with Crippen molar-refractivity contribution in [3.05, 3.63) is 77.1 Å². The van der Waals surface area contributed by atoms with E-state index in [1.165, 1.54) is 5.39 Å². The standard InChI is InChI=1S/C20H11N3O/c24-19-14-7-1-3-9-15(14)21-20-22-16-10-4-2-6-12(16)13-8-5-11-17(18(13)22)23(19)20/h1-11H. The van der Waals surface area contributed by atoms with Gasteiger partial charge in [-0.1, -0.05) is 42.5 Å². The van der Waals surface area contributed by atoms with Crippen LogP contribution in [0.2, 0.25) is 0 Å². The zero-order valence-electron chi connectivity index (χ0n) is 12.6. The lowest BCUT2D eigenvalue weighted by molar-refractivity contribution is 1.10.